The molecule has 0 spiro atoms. The highest BCUT2D eigenvalue weighted by Crippen LogP contribution is 2.41. The largest absolute Gasteiger partial charge is 0.378 e. The molecule has 4 heterocycles. The average molecular weight is 348 g/mol. The Kier molecular flexibility index (Phi) is 3.39. The summed E-state index contributed by atoms with van der Waals surface area (Å²) in [5, 5.41) is 25.3. The number of rotatable bonds is 5. The highest BCUT2D eigenvalue weighted by Gasteiger charge is 2.50. The van der Waals surface area contributed by atoms with Crippen molar-refractivity contribution in [1.29, 1.82) is 5.26 Å². The van der Waals surface area contributed by atoms with Crippen LogP contribution in [0.4, 0.5) is 0 Å². The molecular weight excluding hydrogens is 328 g/mol. The van der Waals surface area contributed by atoms with E-state index in [0.29, 0.717) is 25.4 Å². The second-order valence-electron chi connectivity index (χ2n) is 7.49. The highest BCUT2D eigenvalue weighted by molar-refractivity contribution is 5.92. The van der Waals surface area contributed by atoms with E-state index < -0.39 is 0 Å². The van der Waals surface area contributed by atoms with Gasteiger partial charge in [0.05, 0.1) is 18.7 Å². The van der Waals surface area contributed by atoms with Crippen molar-refractivity contribution in [2.45, 2.75) is 31.0 Å². The minimum absolute atomic E-state index is 0.354. The molecule has 1 aliphatic carbocycles. The van der Waals surface area contributed by atoms with Crippen molar-refractivity contribution in [3.05, 3.63) is 36.9 Å². The fourth-order valence-electron chi connectivity index (χ4n) is 4.01. The van der Waals surface area contributed by atoms with Crippen molar-refractivity contribution < 1.29 is 5.11 Å². The first-order chi connectivity index (χ1) is 12.7. The van der Waals surface area contributed by atoms with Gasteiger partial charge in [-0.05, 0) is 36.5 Å². The molecule has 1 atom stereocenters. The third-order valence-corrected chi connectivity index (χ3v) is 5.66. The van der Waals surface area contributed by atoms with Gasteiger partial charge in [-0.2, -0.15) is 10.4 Å². The number of aliphatic hydroxyl groups is 1. The Morgan fingerprint density at radius 1 is 1.38 bits per heavy atom. The van der Waals surface area contributed by atoms with E-state index in [4.69, 9.17) is 0 Å². The second kappa shape index (κ2) is 5.66. The van der Waals surface area contributed by atoms with Gasteiger partial charge in [-0.3, -0.25) is 9.58 Å². The number of aliphatic hydroxyl groups excluding tert-OH is 1. The van der Waals surface area contributed by atoms with Gasteiger partial charge >= 0.3 is 0 Å². The minimum atomic E-state index is -0.378. The molecule has 3 aromatic rings. The first-order valence-electron chi connectivity index (χ1n) is 8.97. The molecule has 2 fully saturated rings. The Morgan fingerprint density at radius 2 is 2.23 bits per heavy atom. The topological polar surface area (TPSA) is 93.8 Å². The van der Waals surface area contributed by atoms with Gasteiger partial charge in [0.1, 0.15) is 17.4 Å². The first-order valence-corrected chi connectivity index (χ1v) is 8.97. The Balaban J connectivity index is 1.45. The van der Waals surface area contributed by atoms with Crippen molar-refractivity contribution in [3.63, 3.8) is 0 Å². The molecule has 1 aliphatic heterocycles. The molecule has 7 nitrogen and oxygen atoms in total. The number of hydrogen-bond donors (Lipinski definition) is 2. The molecule has 0 aromatic carbocycles. The van der Waals surface area contributed by atoms with Gasteiger partial charge in [0, 0.05) is 42.6 Å². The van der Waals surface area contributed by atoms with Gasteiger partial charge in [0.25, 0.3) is 0 Å². The van der Waals surface area contributed by atoms with E-state index in [9.17, 15) is 10.4 Å². The molecule has 0 radical (unpaired) electrons. The van der Waals surface area contributed by atoms with Crippen LogP contribution in [-0.4, -0.2) is 49.1 Å². The predicted molar refractivity (Wildman–Crippen MR) is 95.8 cm³/mol. The first kappa shape index (κ1) is 15.6. The van der Waals surface area contributed by atoms with Crippen molar-refractivity contribution in [2.24, 2.45) is 5.92 Å². The van der Waals surface area contributed by atoms with E-state index >= 15 is 0 Å². The van der Waals surface area contributed by atoms with E-state index in [1.165, 1.54) is 0 Å². The third-order valence-electron chi connectivity index (χ3n) is 5.66. The number of fused-ring (bicyclic) bond motifs is 1. The van der Waals surface area contributed by atoms with E-state index in [0.717, 1.165) is 35.0 Å². The fourth-order valence-corrected chi connectivity index (χ4v) is 4.01. The van der Waals surface area contributed by atoms with Crippen molar-refractivity contribution in [1.82, 2.24) is 24.6 Å². The van der Waals surface area contributed by atoms with Crippen LogP contribution >= 0.6 is 0 Å². The summed E-state index contributed by atoms with van der Waals surface area (Å²) in [6.07, 6.45) is 9.74. The Labute approximate surface area is 150 Å². The Morgan fingerprint density at radius 3 is 3.00 bits per heavy atom. The van der Waals surface area contributed by atoms with Crippen molar-refractivity contribution in [3.8, 4) is 17.2 Å². The van der Waals surface area contributed by atoms with Crippen LogP contribution in [0.3, 0.4) is 0 Å². The summed E-state index contributed by atoms with van der Waals surface area (Å²) < 4.78 is 1.92. The van der Waals surface area contributed by atoms with E-state index in [2.05, 4.69) is 26.0 Å². The maximum Gasteiger partial charge on any atom is 0.137 e. The molecule has 26 heavy (non-hydrogen) atoms. The fraction of sp³-hybridized carbons (Fsp3) is 0.421. The Bertz CT molecular complexity index is 989. The molecule has 1 unspecified atom stereocenters. The van der Waals surface area contributed by atoms with Gasteiger partial charge < -0.3 is 10.1 Å². The number of H-pyrrole nitrogens is 1. The zero-order valence-electron chi connectivity index (χ0n) is 14.3. The lowest BCUT2D eigenvalue weighted by Crippen LogP contribution is -2.65. The summed E-state index contributed by atoms with van der Waals surface area (Å²) in [5.41, 5.74) is 2.58. The predicted octanol–water partition coefficient (Wildman–Crippen LogP) is 2.08. The van der Waals surface area contributed by atoms with Crippen LogP contribution in [0.1, 0.15) is 19.3 Å². The van der Waals surface area contributed by atoms with E-state index in [1.807, 2.05) is 35.4 Å². The van der Waals surface area contributed by atoms with Gasteiger partial charge in [-0.25, -0.2) is 4.98 Å². The van der Waals surface area contributed by atoms with Gasteiger partial charge in [0.15, 0.2) is 0 Å². The van der Waals surface area contributed by atoms with Crippen LogP contribution < -0.4 is 0 Å². The number of nitriles is 1. The maximum atomic E-state index is 10.3. The molecule has 132 valence electrons. The number of aromatic amines is 1. The monoisotopic (exact) mass is 348 g/mol. The number of nitrogens with one attached hydrogen (secondary N) is 1. The van der Waals surface area contributed by atoms with Crippen LogP contribution in [0.15, 0.2) is 36.9 Å². The van der Waals surface area contributed by atoms with Crippen LogP contribution in [0, 0.1) is 17.2 Å². The van der Waals surface area contributed by atoms with Crippen LogP contribution in [0.5, 0.6) is 0 Å². The number of aromatic nitrogens is 4. The van der Waals surface area contributed by atoms with Gasteiger partial charge in [-0.15, -0.1) is 0 Å². The molecule has 2 N–H and O–H groups in total. The summed E-state index contributed by atoms with van der Waals surface area (Å²) in [6.45, 7) is 1.32. The third kappa shape index (κ3) is 2.34. The van der Waals surface area contributed by atoms with Crippen LogP contribution in [0.2, 0.25) is 0 Å². The lowest BCUT2D eigenvalue weighted by molar-refractivity contribution is -0.115. The zero-order valence-corrected chi connectivity index (χ0v) is 14.3. The van der Waals surface area contributed by atoms with Crippen molar-refractivity contribution in [2.75, 3.05) is 13.1 Å². The number of likely N-dealkylation sites (tertiary alicyclic amines) is 1. The normalized spacial score (nSPS) is 20.6. The molecule has 3 aromatic heterocycles. The SMILES string of the molecule is N#CCC1(n2cc(-c3ccnc4[nH]ccc34)cn2)CN(C(O)C2CC2)C1. The number of hydrogen-bond acceptors (Lipinski definition) is 5. The summed E-state index contributed by atoms with van der Waals surface area (Å²) in [6, 6.07) is 6.30. The smallest absolute Gasteiger partial charge is 0.137 e. The standard InChI is InChI=1S/C19H20N6O/c20-6-5-19(11-24(12-19)18(26)13-1-2-13)25-10-14(9-23-25)15-3-7-21-17-16(15)4-8-22-17/h3-4,7-10,13,18,26H,1-2,5,11-12H2,(H,21,22). The molecular formula is C19H20N6O. The number of nitrogens with zero attached hydrogens (tertiary/aromatic N) is 5. The molecule has 0 amide bonds. The molecule has 1 saturated carbocycles. The Hall–Kier alpha value is -2.69. The average Bonchev–Trinajstić information content (AvgIpc) is 3.15. The van der Waals surface area contributed by atoms with Crippen LogP contribution in [-0.2, 0) is 5.54 Å². The lowest BCUT2D eigenvalue weighted by atomic mass is 9.86. The maximum absolute atomic E-state index is 10.3. The second-order valence-corrected chi connectivity index (χ2v) is 7.49. The summed E-state index contributed by atoms with van der Waals surface area (Å²) in [7, 11) is 0. The number of pyridine rings is 1. The molecule has 5 rings (SSSR count). The van der Waals surface area contributed by atoms with E-state index in [1.54, 1.807) is 6.20 Å². The minimum Gasteiger partial charge on any atom is -0.378 e. The molecule has 7 heteroatoms. The van der Waals surface area contributed by atoms with E-state index in [-0.39, 0.29) is 11.8 Å². The summed E-state index contributed by atoms with van der Waals surface area (Å²) in [4.78, 5) is 9.52. The quantitative estimate of drug-likeness (QED) is 0.736. The summed E-state index contributed by atoms with van der Waals surface area (Å²) >= 11 is 0. The van der Waals surface area contributed by atoms with Gasteiger partial charge in [0.2, 0.25) is 0 Å². The van der Waals surface area contributed by atoms with Crippen LogP contribution in [0.25, 0.3) is 22.2 Å². The van der Waals surface area contributed by atoms with Gasteiger partial charge in [-0.1, -0.05) is 0 Å². The summed E-state index contributed by atoms with van der Waals surface area (Å²) in [5.74, 6) is 0.405. The zero-order chi connectivity index (χ0) is 17.7. The molecule has 1 saturated heterocycles. The lowest BCUT2D eigenvalue weighted by Gasteiger charge is -2.51. The highest BCUT2D eigenvalue weighted by atomic mass is 16.3. The molecule has 0 bridgehead atoms. The molecule has 2 aliphatic rings. The van der Waals surface area contributed by atoms with Crippen molar-refractivity contribution >= 4 is 11.0 Å².